The van der Waals surface area contributed by atoms with Crippen LogP contribution >= 0.6 is 0 Å². The van der Waals surface area contributed by atoms with Gasteiger partial charge in [-0.05, 0) is 0 Å². The maximum absolute atomic E-state index is 7.00. The van der Waals surface area contributed by atoms with E-state index in [9.17, 15) is 0 Å². The van der Waals surface area contributed by atoms with Crippen molar-refractivity contribution >= 4 is 112 Å². The molecule has 42 heavy (non-hydrogen) atoms. The van der Waals surface area contributed by atoms with Crippen molar-refractivity contribution in [3.8, 4) is 0 Å². The molecule has 0 bridgehead atoms. The van der Waals surface area contributed by atoms with Crippen LogP contribution in [-0.4, -0.2) is 112 Å². The molecule has 0 rings (SSSR count). The van der Waals surface area contributed by atoms with Gasteiger partial charge in [0.05, 0.1) is 0 Å². The van der Waals surface area contributed by atoms with Crippen LogP contribution < -0.4 is 113 Å². The summed E-state index contributed by atoms with van der Waals surface area (Å²) < 4.78 is 19.3. The summed E-state index contributed by atoms with van der Waals surface area (Å²) in [6.45, 7) is 55.1. The molecule has 0 aliphatic rings. The zero-order valence-corrected chi connectivity index (χ0v) is 51.1. The first-order chi connectivity index (χ1) is 15.8. The number of hydrogen-bond acceptors (Lipinski definition) is 2. The molecule has 0 heterocycles. The first kappa shape index (κ1) is 70.0. The van der Waals surface area contributed by atoms with Crippen molar-refractivity contribution in [1.29, 1.82) is 0 Å². The second-order valence-corrected chi connectivity index (χ2v) is 56.1. The summed E-state index contributed by atoms with van der Waals surface area (Å²) >= 11 is 0. The van der Waals surface area contributed by atoms with Crippen LogP contribution in [0.15, 0.2) is 0 Å². The number of hydrogen-bond donors (Lipinski definition) is 0. The first-order valence-electron chi connectivity index (χ1n) is 14.0. The van der Waals surface area contributed by atoms with Crippen molar-refractivity contribution in [2.45, 2.75) is 157 Å². The van der Waals surface area contributed by atoms with Crippen molar-refractivity contribution < 1.29 is 113 Å². The van der Waals surface area contributed by atoms with Crippen LogP contribution in [0.3, 0.4) is 0 Å². The van der Waals surface area contributed by atoms with Crippen LogP contribution in [0.25, 0.3) is 18.6 Å². The van der Waals surface area contributed by atoms with Crippen molar-refractivity contribution in [3.05, 3.63) is 18.6 Å². The molecule has 0 aromatic rings. The minimum Gasteiger partial charge on any atom is -1.00 e. The molecule has 0 unspecified atom stereocenters. The van der Waals surface area contributed by atoms with E-state index in [-0.39, 0.29) is 149 Å². The van der Waals surface area contributed by atoms with Gasteiger partial charge in [0.25, 0.3) is 0 Å². The van der Waals surface area contributed by atoms with Gasteiger partial charge in [-0.1, -0.05) is 223 Å². The van der Waals surface area contributed by atoms with E-state index in [0.717, 1.165) is 0 Å². The SMILES string of the molecule is C[Si](C)(C)[N-][Si](C)(C)C.C[Si](C)(C)[N-][Si](C)(C)C.C[Si](C)(C)[N-][Si](C)(C)C.C[Si](C)(C)[N-][Si](C)(C)C.[K+].[K+].[Mg+2].[Mg+2].[O-][O-]. The van der Waals surface area contributed by atoms with Crippen LogP contribution in [0, 0.1) is 0 Å². The zero-order valence-electron chi connectivity index (χ0n) is 34.0. The smallest absolute Gasteiger partial charge is 1.00 e. The fraction of sp³-hybridized carbons (Fsp3) is 1.00. The number of nitrogens with zero attached hydrogens (tertiary/aromatic N) is 4. The van der Waals surface area contributed by atoms with Crippen LogP contribution in [0.5, 0.6) is 0 Å². The van der Waals surface area contributed by atoms with Gasteiger partial charge in [-0.3, -0.25) is 0 Å². The standard InChI is InChI=1S/4C6H18NSi2.2K.2Mg.O2/c4*1-8(2,3)7-9(4,5)6;;;;;1-2/h4*1-6H3;;;;;/q4*-1;2*+1;2*+2;-2. The van der Waals surface area contributed by atoms with Crippen LogP contribution in [0.2, 0.25) is 157 Å². The summed E-state index contributed by atoms with van der Waals surface area (Å²) in [5, 5.41) is 14.0. The minimum absolute atomic E-state index is 0. The summed E-state index contributed by atoms with van der Waals surface area (Å²) in [5.41, 5.74) is 0. The van der Waals surface area contributed by atoms with Crippen molar-refractivity contribution in [1.82, 2.24) is 0 Å². The molecule has 0 radical (unpaired) electrons. The fourth-order valence-corrected chi connectivity index (χ4v) is 36.2. The van der Waals surface area contributed by atoms with E-state index in [1.54, 1.807) is 0 Å². The average Bonchev–Trinajstić information content (AvgIpc) is 2.34. The van der Waals surface area contributed by atoms with E-state index in [0.29, 0.717) is 0 Å². The monoisotopic (exact) mass is 798 g/mol. The molecule has 0 saturated carbocycles. The van der Waals surface area contributed by atoms with Crippen LogP contribution in [-0.2, 0) is 0 Å². The first-order valence-corrected chi connectivity index (χ1v) is 41.5. The Morgan fingerprint density at radius 3 is 0.286 bits per heavy atom. The Balaban J connectivity index is -0.0000000469. The molecule has 0 amide bonds. The van der Waals surface area contributed by atoms with Crippen molar-refractivity contribution in [2.75, 3.05) is 0 Å². The third kappa shape index (κ3) is 103. The molecule has 0 aromatic carbocycles. The normalized spacial score (nSPS) is 12.1. The van der Waals surface area contributed by atoms with Crippen molar-refractivity contribution in [3.63, 3.8) is 0 Å². The molecule has 0 spiro atoms. The Hall–Kier alpha value is 6.30. The predicted octanol–water partition coefficient (Wildman–Crippen LogP) is 2.99. The van der Waals surface area contributed by atoms with Gasteiger partial charge < -0.3 is 29.1 Å². The molecule has 18 heteroatoms. The second kappa shape index (κ2) is 29.8. The van der Waals surface area contributed by atoms with Gasteiger partial charge in [-0.25, -0.2) is 0 Å². The molecule has 0 fully saturated rings. The molecular weight excluding hydrogens is 728 g/mol. The van der Waals surface area contributed by atoms with Gasteiger partial charge in [0.15, 0.2) is 0 Å². The molecule has 0 atom stereocenters. The molecule has 0 N–H and O–H groups in total. The summed E-state index contributed by atoms with van der Waals surface area (Å²) in [5.74, 6) is 0. The minimum atomic E-state index is -1.11. The fourth-order valence-electron chi connectivity index (χ4n) is 4.02. The van der Waals surface area contributed by atoms with E-state index < -0.39 is 65.9 Å². The van der Waals surface area contributed by atoms with Gasteiger partial charge in [0.1, 0.15) is 0 Å². The maximum atomic E-state index is 7.00. The van der Waals surface area contributed by atoms with Crippen LogP contribution in [0.4, 0.5) is 0 Å². The molecular formula is C24H72K2Mg2N4O2Si8. The van der Waals surface area contributed by atoms with E-state index >= 15 is 0 Å². The third-order valence-electron chi connectivity index (χ3n) is 2.68. The Kier molecular flexibility index (Phi) is 49.7. The average molecular weight is 800 g/mol. The predicted molar refractivity (Wildman–Crippen MR) is 212 cm³/mol. The Morgan fingerprint density at radius 1 is 0.238 bits per heavy atom. The number of rotatable bonds is 8. The third-order valence-corrected chi connectivity index (χ3v) is 24.1. The molecule has 0 aromatic heterocycles. The van der Waals surface area contributed by atoms with Crippen LogP contribution in [0.1, 0.15) is 0 Å². The van der Waals surface area contributed by atoms with Gasteiger partial charge in [0, 0.05) is 0 Å². The van der Waals surface area contributed by atoms with Gasteiger partial charge in [-0.15, -0.1) is 0 Å². The summed E-state index contributed by atoms with van der Waals surface area (Å²) in [7, 11) is -8.85. The molecule has 0 aliphatic heterocycles. The van der Waals surface area contributed by atoms with Gasteiger partial charge in [0.2, 0.25) is 0 Å². The molecule has 6 nitrogen and oxygen atoms in total. The molecule has 0 saturated heterocycles. The summed E-state index contributed by atoms with van der Waals surface area (Å²) in [4.78, 5) is 0. The molecule has 238 valence electrons. The Labute approximate surface area is 393 Å². The largest absolute Gasteiger partial charge is 2.00 e. The van der Waals surface area contributed by atoms with Gasteiger partial charge in [-0.2, -0.15) is 0 Å². The van der Waals surface area contributed by atoms with E-state index in [4.69, 9.17) is 29.1 Å². The van der Waals surface area contributed by atoms with E-state index in [1.165, 1.54) is 0 Å². The van der Waals surface area contributed by atoms with E-state index in [2.05, 4.69) is 157 Å². The molecule has 0 aliphatic carbocycles. The maximum Gasteiger partial charge on any atom is 2.00 e. The van der Waals surface area contributed by atoms with E-state index in [1.807, 2.05) is 0 Å². The zero-order chi connectivity index (χ0) is 32.8. The Bertz CT molecular complexity index is 443. The van der Waals surface area contributed by atoms with Crippen molar-refractivity contribution in [2.24, 2.45) is 0 Å². The summed E-state index contributed by atoms with van der Waals surface area (Å²) in [6.07, 6.45) is 0. The van der Waals surface area contributed by atoms with Gasteiger partial charge >= 0.3 is 149 Å². The Morgan fingerprint density at radius 2 is 0.286 bits per heavy atom. The summed E-state index contributed by atoms with van der Waals surface area (Å²) in [6, 6.07) is 0. The second-order valence-electron chi connectivity index (χ2n) is 17.8. The quantitative estimate of drug-likeness (QED) is 0.214. The topological polar surface area (TPSA) is 103 Å².